The lowest BCUT2D eigenvalue weighted by Gasteiger charge is -2.15. The standard InChI is InChI=1S/C31H25F5N6O2S/c1-18(2)25-14-22(32)8-13-27(25)42-19(3)16-45-30(42)39-29(43)37-15-26(33)20-4-6-21(7-5-20)28-38-17-41(40-28)23-9-11-24(12-10-23)44-31(34,35)36/h4-18,26H,1-3H3. The third kappa shape index (κ3) is 7.58. The number of benzene rings is 3. The zero-order chi connectivity index (χ0) is 32.3. The van der Waals surface area contributed by atoms with E-state index in [2.05, 4.69) is 24.8 Å². The number of rotatable bonds is 7. The van der Waals surface area contributed by atoms with Crippen LogP contribution in [0.1, 0.15) is 42.8 Å². The van der Waals surface area contributed by atoms with E-state index in [0.717, 1.165) is 29.6 Å². The van der Waals surface area contributed by atoms with E-state index in [1.165, 1.54) is 58.7 Å². The molecule has 0 aliphatic heterocycles. The molecule has 2 aromatic heterocycles. The van der Waals surface area contributed by atoms with Crippen LogP contribution in [0, 0.1) is 12.7 Å². The topological polar surface area (TPSA) is 86.7 Å². The molecule has 1 atom stereocenters. The lowest BCUT2D eigenvalue weighted by Crippen LogP contribution is -2.18. The molecule has 0 saturated carbocycles. The molecule has 0 spiro atoms. The Kier molecular flexibility index (Phi) is 9.04. The summed E-state index contributed by atoms with van der Waals surface area (Å²) in [6.45, 7) is 5.71. The number of aliphatic imine (C=N–C) groups is 1. The van der Waals surface area contributed by atoms with E-state index in [1.807, 2.05) is 26.2 Å². The van der Waals surface area contributed by atoms with Crippen LogP contribution in [0.3, 0.4) is 0 Å². The fraction of sp³-hybridized carbons (Fsp3) is 0.194. The largest absolute Gasteiger partial charge is 0.573 e. The number of aryl methyl sites for hydroxylation is 1. The monoisotopic (exact) mass is 640 g/mol. The summed E-state index contributed by atoms with van der Waals surface area (Å²) >= 11 is 1.21. The molecule has 3 aromatic carbocycles. The minimum Gasteiger partial charge on any atom is -0.406 e. The summed E-state index contributed by atoms with van der Waals surface area (Å²) in [7, 11) is 0. The number of halogens is 5. The minimum atomic E-state index is -4.79. The van der Waals surface area contributed by atoms with E-state index >= 15 is 0 Å². The number of nitrogens with zero attached hydrogens (tertiary/aromatic N) is 6. The van der Waals surface area contributed by atoms with Crippen molar-refractivity contribution in [1.29, 1.82) is 0 Å². The summed E-state index contributed by atoms with van der Waals surface area (Å²) < 4.78 is 73.0. The predicted molar refractivity (Wildman–Crippen MR) is 159 cm³/mol. The van der Waals surface area contributed by atoms with Crippen LogP contribution in [0.2, 0.25) is 0 Å². The number of alkyl halides is 4. The lowest BCUT2D eigenvalue weighted by atomic mass is 10.0. The van der Waals surface area contributed by atoms with Gasteiger partial charge in [-0.3, -0.25) is 4.57 Å². The highest BCUT2D eigenvalue weighted by Gasteiger charge is 2.31. The zero-order valence-electron chi connectivity index (χ0n) is 24.0. The molecule has 0 N–H and O–H groups in total. The second-order valence-corrected chi connectivity index (χ2v) is 10.9. The van der Waals surface area contributed by atoms with Gasteiger partial charge in [-0.05, 0) is 66.4 Å². The highest BCUT2D eigenvalue weighted by atomic mass is 32.1. The Hall–Kier alpha value is -4.98. The summed E-state index contributed by atoms with van der Waals surface area (Å²) in [4.78, 5) is 24.8. The average Bonchev–Trinajstić information content (AvgIpc) is 3.63. The summed E-state index contributed by atoms with van der Waals surface area (Å²) in [6, 6.07) is 14.8. The molecule has 0 fully saturated rings. The van der Waals surface area contributed by atoms with Gasteiger partial charge in [0.15, 0.2) is 16.8 Å². The van der Waals surface area contributed by atoms with Gasteiger partial charge in [0.1, 0.15) is 17.9 Å². The molecule has 5 rings (SSSR count). The zero-order valence-corrected chi connectivity index (χ0v) is 24.9. The van der Waals surface area contributed by atoms with Crippen molar-refractivity contribution in [2.75, 3.05) is 0 Å². The van der Waals surface area contributed by atoms with Gasteiger partial charge >= 0.3 is 12.4 Å². The van der Waals surface area contributed by atoms with Crippen molar-refractivity contribution in [1.82, 2.24) is 19.3 Å². The average molecular weight is 641 g/mol. The number of amides is 2. The summed E-state index contributed by atoms with van der Waals surface area (Å²) in [6.07, 6.45) is -4.24. The Balaban J connectivity index is 1.28. The molecule has 45 heavy (non-hydrogen) atoms. The van der Waals surface area contributed by atoms with E-state index in [9.17, 15) is 26.7 Å². The van der Waals surface area contributed by atoms with Crippen molar-refractivity contribution in [3.63, 3.8) is 0 Å². The maximum Gasteiger partial charge on any atom is 0.573 e. The number of thiazole rings is 1. The molecule has 0 bridgehead atoms. The van der Waals surface area contributed by atoms with Crippen LogP contribution in [0.25, 0.3) is 22.8 Å². The molecule has 0 aliphatic rings. The van der Waals surface area contributed by atoms with Crippen LogP contribution in [0.4, 0.5) is 26.7 Å². The summed E-state index contributed by atoms with van der Waals surface area (Å²) in [5.74, 6) is -0.416. The quantitative estimate of drug-likeness (QED) is 0.133. The van der Waals surface area contributed by atoms with Crippen LogP contribution in [-0.4, -0.2) is 37.9 Å². The Labute approximate surface area is 257 Å². The summed E-state index contributed by atoms with van der Waals surface area (Å²) in [5, 5.41) is 6.13. The third-order valence-corrected chi connectivity index (χ3v) is 7.50. The van der Waals surface area contributed by atoms with E-state index < -0.39 is 18.6 Å². The van der Waals surface area contributed by atoms with Crippen LogP contribution >= 0.6 is 11.3 Å². The molecule has 0 saturated heterocycles. The van der Waals surface area contributed by atoms with Crippen LogP contribution in [-0.2, 0) is 0 Å². The molecule has 14 heteroatoms. The molecule has 1 unspecified atom stereocenters. The van der Waals surface area contributed by atoms with Crippen LogP contribution < -0.4 is 9.54 Å². The molecule has 0 radical (unpaired) electrons. The molecule has 0 aliphatic carbocycles. The van der Waals surface area contributed by atoms with Crippen molar-refractivity contribution in [3.8, 4) is 28.5 Å². The number of urea groups is 1. The van der Waals surface area contributed by atoms with Crippen LogP contribution in [0.15, 0.2) is 88.4 Å². The van der Waals surface area contributed by atoms with Crippen molar-refractivity contribution < 1.29 is 31.5 Å². The first-order valence-electron chi connectivity index (χ1n) is 13.5. The van der Waals surface area contributed by atoms with Gasteiger partial charge < -0.3 is 4.74 Å². The first-order chi connectivity index (χ1) is 21.4. The van der Waals surface area contributed by atoms with Crippen molar-refractivity contribution >= 4 is 23.6 Å². The Morgan fingerprint density at radius 2 is 1.76 bits per heavy atom. The summed E-state index contributed by atoms with van der Waals surface area (Å²) in [5.41, 5.74) is 3.47. The lowest BCUT2D eigenvalue weighted by molar-refractivity contribution is -0.274. The van der Waals surface area contributed by atoms with Crippen molar-refractivity contribution in [3.05, 3.63) is 106 Å². The maximum atomic E-state index is 15.0. The second kappa shape index (κ2) is 12.9. The number of hydrogen-bond donors (Lipinski definition) is 0. The molecule has 5 aromatic rings. The molecule has 2 amide bonds. The van der Waals surface area contributed by atoms with Gasteiger partial charge in [0.05, 0.1) is 11.4 Å². The fourth-order valence-corrected chi connectivity index (χ4v) is 5.28. The van der Waals surface area contributed by atoms with Gasteiger partial charge in [-0.2, -0.15) is 4.99 Å². The van der Waals surface area contributed by atoms with Gasteiger partial charge in [0.2, 0.25) is 0 Å². The molecular weight excluding hydrogens is 615 g/mol. The number of ether oxygens (including phenoxy) is 1. The Bertz CT molecular complexity index is 1910. The first-order valence-corrected chi connectivity index (χ1v) is 14.4. The van der Waals surface area contributed by atoms with Gasteiger partial charge in [-0.15, -0.1) is 29.6 Å². The van der Waals surface area contributed by atoms with E-state index in [0.29, 0.717) is 27.6 Å². The number of hydrogen-bond acceptors (Lipinski definition) is 5. The first kappa shape index (κ1) is 31.4. The number of carbonyl (C=O) groups excluding carboxylic acids is 1. The van der Waals surface area contributed by atoms with Crippen LogP contribution in [0.5, 0.6) is 5.75 Å². The Morgan fingerprint density at radius 1 is 1.04 bits per heavy atom. The number of aromatic nitrogens is 4. The fourth-order valence-electron chi connectivity index (χ4n) is 4.42. The van der Waals surface area contributed by atoms with Crippen molar-refractivity contribution in [2.24, 2.45) is 9.98 Å². The molecular formula is C31H25F5N6O2S. The van der Waals surface area contributed by atoms with Gasteiger partial charge in [-0.25, -0.2) is 28.2 Å². The second-order valence-electron chi connectivity index (χ2n) is 10.1. The van der Waals surface area contributed by atoms with Gasteiger partial charge in [-0.1, -0.05) is 38.1 Å². The highest BCUT2D eigenvalue weighted by Crippen LogP contribution is 2.26. The predicted octanol–water partition coefficient (Wildman–Crippen LogP) is 8.06. The molecule has 232 valence electrons. The highest BCUT2D eigenvalue weighted by molar-refractivity contribution is 7.07. The van der Waals surface area contributed by atoms with E-state index in [1.54, 1.807) is 22.8 Å². The third-order valence-electron chi connectivity index (χ3n) is 6.55. The smallest absolute Gasteiger partial charge is 0.406 e. The van der Waals surface area contributed by atoms with E-state index in [4.69, 9.17) is 0 Å². The molecule has 8 nitrogen and oxygen atoms in total. The van der Waals surface area contributed by atoms with Gasteiger partial charge in [0, 0.05) is 22.9 Å². The van der Waals surface area contributed by atoms with E-state index in [-0.39, 0.29) is 23.0 Å². The maximum absolute atomic E-state index is 15.0. The normalized spacial score (nSPS) is 13.1. The number of carbonyl (C=O) groups is 1. The van der Waals surface area contributed by atoms with Crippen molar-refractivity contribution in [2.45, 2.75) is 39.2 Å². The Morgan fingerprint density at radius 3 is 2.42 bits per heavy atom. The van der Waals surface area contributed by atoms with Gasteiger partial charge in [0.25, 0.3) is 0 Å². The SMILES string of the molecule is Cc1csc(=NC(=O)N=CC(F)c2ccc(-c3ncn(-c4ccc(OC(F)(F)F)cc4)n3)cc2)n1-c1ccc(F)cc1C(C)C. The minimum absolute atomic E-state index is 0.0109. The molecule has 2 heterocycles.